The first-order valence-electron chi connectivity index (χ1n) is 8.63. The maximum Gasteiger partial charge on any atom is 0.176 e. The highest BCUT2D eigenvalue weighted by molar-refractivity contribution is 6.31. The van der Waals surface area contributed by atoms with E-state index in [1.807, 2.05) is 18.2 Å². The summed E-state index contributed by atoms with van der Waals surface area (Å²) in [5.74, 6) is -0.378. The van der Waals surface area contributed by atoms with Gasteiger partial charge in [-0.2, -0.15) is 0 Å². The Morgan fingerprint density at radius 3 is 2.48 bits per heavy atom. The molecule has 1 atom stereocenters. The smallest absolute Gasteiger partial charge is 0.176 e. The second-order valence-electron chi connectivity index (χ2n) is 6.34. The van der Waals surface area contributed by atoms with Crippen molar-refractivity contribution < 1.29 is 9.18 Å². The summed E-state index contributed by atoms with van der Waals surface area (Å²) in [7, 11) is 0. The predicted octanol–water partition coefficient (Wildman–Crippen LogP) is 4.09. The van der Waals surface area contributed by atoms with Crippen molar-refractivity contribution >= 4 is 17.4 Å². The standard InChI is InChI=1S/C20H22ClFN2O/c21-18-6-2-1-5-17(18)19(24-11-3-4-12-24)13-23-14-20(25)15-7-9-16(22)10-8-15/h1-2,5-10,19,23H,3-4,11-14H2. The lowest BCUT2D eigenvalue weighted by Gasteiger charge is -2.29. The number of benzene rings is 2. The van der Waals surface area contributed by atoms with Crippen molar-refractivity contribution in [3.8, 4) is 0 Å². The van der Waals surface area contributed by atoms with Gasteiger partial charge in [-0.3, -0.25) is 9.69 Å². The van der Waals surface area contributed by atoms with Crippen LogP contribution in [0.5, 0.6) is 0 Å². The molecule has 25 heavy (non-hydrogen) atoms. The molecule has 1 aliphatic heterocycles. The number of halogens is 2. The van der Waals surface area contributed by atoms with Gasteiger partial charge in [0.25, 0.3) is 0 Å². The molecule has 1 fully saturated rings. The number of Topliss-reactive ketones (excluding diaryl/α,β-unsaturated/α-hetero) is 1. The van der Waals surface area contributed by atoms with Gasteiger partial charge in [-0.15, -0.1) is 0 Å². The first-order valence-corrected chi connectivity index (χ1v) is 9.01. The largest absolute Gasteiger partial charge is 0.308 e. The topological polar surface area (TPSA) is 32.3 Å². The zero-order chi connectivity index (χ0) is 17.6. The van der Waals surface area contributed by atoms with Crippen LogP contribution >= 0.6 is 11.6 Å². The lowest BCUT2D eigenvalue weighted by atomic mass is 10.0. The molecule has 3 rings (SSSR count). The average molecular weight is 361 g/mol. The van der Waals surface area contributed by atoms with E-state index in [-0.39, 0.29) is 24.2 Å². The van der Waals surface area contributed by atoms with Crippen LogP contribution in [0.15, 0.2) is 48.5 Å². The van der Waals surface area contributed by atoms with Crippen molar-refractivity contribution in [2.75, 3.05) is 26.2 Å². The molecule has 3 nitrogen and oxygen atoms in total. The summed E-state index contributed by atoms with van der Waals surface area (Å²) in [4.78, 5) is 14.7. The van der Waals surface area contributed by atoms with Crippen LogP contribution in [0, 0.1) is 5.82 Å². The van der Waals surface area contributed by atoms with Gasteiger partial charge in [0.05, 0.1) is 6.54 Å². The molecular formula is C20H22ClFN2O. The van der Waals surface area contributed by atoms with Gasteiger partial charge in [0.1, 0.15) is 5.82 Å². The van der Waals surface area contributed by atoms with Gasteiger partial charge in [-0.25, -0.2) is 4.39 Å². The molecule has 0 radical (unpaired) electrons. The van der Waals surface area contributed by atoms with Crippen molar-refractivity contribution in [3.05, 3.63) is 70.5 Å². The van der Waals surface area contributed by atoms with Crippen LogP contribution < -0.4 is 5.32 Å². The van der Waals surface area contributed by atoms with Crippen molar-refractivity contribution in [2.24, 2.45) is 0 Å². The normalized spacial score (nSPS) is 16.1. The number of ketones is 1. The average Bonchev–Trinajstić information content (AvgIpc) is 3.14. The van der Waals surface area contributed by atoms with Gasteiger partial charge in [-0.05, 0) is 61.8 Å². The fourth-order valence-electron chi connectivity index (χ4n) is 3.29. The van der Waals surface area contributed by atoms with E-state index in [1.165, 1.54) is 37.1 Å². The van der Waals surface area contributed by atoms with Crippen LogP contribution in [0.25, 0.3) is 0 Å². The molecule has 1 saturated heterocycles. The van der Waals surface area contributed by atoms with Gasteiger partial charge in [0, 0.05) is 23.2 Å². The summed E-state index contributed by atoms with van der Waals surface area (Å²) < 4.78 is 13.0. The lowest BCUT2D eigenvalue weighted by molar-refractivity contribution is 0.0987. The van der Waals surface area contributed by atoms with Gasteiger partial charge < -0.3 is 5.32 Å². The van der Waals surface area contributed by atoms with E-state index >= 15 is 0 Å². The zero-order valence-corrected chi connectivity index (χ0v) is 14.8. The van der Waals surface area contributed by atoms with Crippen molar-refractivity contribution in [1.29, 1.82) is 0 Å². The molecule has 5 heteroatoms. The number of nitrogens with zero attached hydrogens (tertiary/aromatic N) is 1. The fraction of sp³-hybridized carbons (Fsp3) is 0.350. The van der Waals surface area contributed by atoms with Crippen LogP contribution in [0.3, 0.4) is 0 Å². The maximum atomic E-state index is 13.0. The molecule has 1 heterocycles. The SMILES string of the molecule is O=C(CNCC(c1ccccc1Cl)N1CCCC1)c1ccc(F)cc1. The van der Waals surface area contributed by atoms with E-state index in [2.05, 4.69) is 16.3 Å². The summed E-state index contributed by atoms with van der Waals surface area (Å²) in [5.41, 5.74) is 1.61. The Kier molecular flexibility index (Phi) is 6.19. The Labute approximate surface area is 152 Å². The molecule has 2 aromatic carbocycles. The Bertz CT molecular complexity index is 714. The van der Waals surface area contributed by atoms with Gasteiger partial charge >= 0.3 is 0 Å². The summed E-state index contributed by atoms with van der Waals surface area (Å²) in [6, 6.07) is 13.7. The highest BCUT2D eigenvalue weighted by Crippen LogP contribution is 2.29. The van der Waals surface area contributed by atoms with Gasteiger partial charge in [-0.1, -0.05) is 29.8 Å². The fourth-order valence-corrected chi connectivity index (χ4v) is 3.56. The minimum atomic E-state index is -0.336. The van der Waals surface area contributed by atoms with Crippen molar-refractivity contribution in [2.45, 2.75) is 18.9 Å². The van der Waals surface area contributed by atoms with E-state index in [9.17, 15) is 9.18 Å². The molecule has 0 bridgehead atoms. The van der Waals surface area contributed by atoms with E-state index in [0.717, 1.165) is 23.7 Å². The summed E-state index contributed by atoms with van der Waals surface area (Å²) in [5, 5.41) is 4.01. The molecule has 0 spiro atoms. The Hall–Kier alpha value is -1.75. The number of likely N-dealkylation sites (tertiary alicyclic amines) is 1. The Balaban J connectivity index is 1.64. The maximum absolute atomic E-state index is 13.0. The monoisotopic (exact) mass is 360 g/mol. The number of hydrogen-bond donors (Lipinski definition) is 1. The number of carbonyl (C=O) groups is 1. The number of rotatable bonds is 7. The molecule has 0 amide bonds. The quantitative estimate of drug-likeness (QED) is 0.755. The van der Waals surface area contributed by atoms with E-state index in [1.54, 1.807) is 0 Å². The number of carbonyl (C=O) groups excluding carboxylic acids is 1. The van der Waals surface area contributed by atoms with Crippen molar-refractivity contribution in [3.63, 3.8) is 0 Å². The second kappa shape index (κ2) is 8.56. The molecule has 0 aliphatic carbocycles. The van der Waals surface area contributed by atoms with Crippen molar-refractivity contribution in [1.82, 2.24) is 10.2 Å². The van der Waals surface area contributed by atoms with Gasteiger partial charge in [0.2, 0.25) is 0 Å². The second-order valence-corrected chi connectivity index (χ2v) is 6.75. The Morgan fingerprint density at radius 2 is 1.80 bits per heavy atom. The molecule has 1 N–H and O–H groups in total. The highest BCUT2D eigenvalue weighted by Gasteiger charge is 2.24. The van der Waals surface area contributed by atoms with Crippen LogP contribution in [-0.2, 0) is 0 Å². The highest BCUT2D eigenvalue weighted by atomic mass is 35.5. The van der Waals surface area contributed by atoms with Crippen LogP contribution in [0.4, 0.5) is 4.39 Å². The summed E-state index contributed by atoms with van der Waals surface area (Å²) in [6.45, 7) is 2.96. The molecule has 132 valence electrons. The van der Waals surface area contributed by atoms with E-state index in [4.69, 9.17) is 11.6 Å². The molecule has 0 saturated carbocycles. The van der Waals surface area contributed by atoms with Gasteiger partial charge in [0.15, 0.2) is 5.78 Å². The van der Waals surface area contributed by atoms with Crippen LogP contribution in [0.2, 0.25) is 5.02 Å². The number of hydrogen-bond acceptors (Lipinski definition) is 3. The zero-order valence-electron chi connectivity index (χ0n) is 14.1. The minimum absolute atomic E-state index is 0.0423. The van der Waals surface area contributed by atoms with E-state index < -0.39 is 0 Å². The number of nitrogens with one attached hydrogen (secondary N) is 1. The molecule has 1 unspecified atom stereocenters. The summed E-state index contributed by atoms with van der Waals surface area (Å²) >= 11 is 6.39. The third-order valence-electron chi connectivity index (χ3n) is 4.64. The third kappa shape index (κ3) is 4.66. The molecule has 0 aromatic heterocycles. The minimum Gasteiger partial charge on any atom is -0.308 e. The molecule has 1 aliphatic rings. The lowest BCUT2D eigenvalue weighted by Crippen LogP contribution is -2.36. The van der Waals surface area contributed by atoms with Crippen LogP contribution in [0.1, 0.15) is 34.8 Å². The Morgan fingerprint density at radius 1 is 1.12 bits per heavy atom. The summed E-state index contributed by atoms with van der Waals surface area (Å²) in [6.07, 6.45) is 2.38. The third-order valence-corrected chi connectivity index (χ3v) is 4.98. The van der Waals surface area contributed by atoms with Crippen LogP contribution in [-0.4, -0.2) is 36.9 Å². The predicted molar refractivity (Wildman–Crippen MR) is 98.6 cm³/mol. The molecular weight excluding hydrogens is 339 g/mol. The first-order chi connectivity index (χ1) is 12.1. The van der Waals surface area contributed by atoms with E-state index in [0.29, 0.717) is 12.1 Å². The first kappa shape index (κ1) is 18.1. The molecule has 2 aromatic rings.